The standard InChI is InChI=1S/C17H17NO5S/c1-10-6-12(23-9-16(19)20)2-3-13(10)18-17(21)15-7-11-8-22-5-4-14(11)24-15/h2-3,6-7H,4-5,8-9H2,1H3,(H,18,21)(H,19,20). The number of hydrogen-bond donors (Lipinski definition) is 2. The summed E-state index contributed by atoms with van der Waals surface area (Å²) >= 11 is 1.50. The van der Waals surface area contributed by atoms with Crippen LogP contribution < -0.4 is 10.1 Å². The molecule has 2 N–H and O–H groups in total. The number of nitrogens with one attached hydrogen (secondary N) is 1. The number of fused-ring (bicyclic) bond motifs is 1. The van der Waals surface area contributed by atoms with Gasteiger partial charge in [-0.05, 0) is 42.3 Å². The topological polar surface area (TPSA) is 84.9 Å². The third kappa shape index (κ3) is 3.74. The number of aliphatic carboxylic acids is 1. The van der Waals surface area contributed by atoms with Crippen LogP contribution in [0.2, 0.25) is 0 Å². The van der Waals surface area contributed by atoms with Crippen LogP contribution in [-0.2, 0) is 22.6 Å². The third-order valence-electron chi connectivity index (χ3n) is 3.66. The molecule has 2 heterocycles. The molecule has 0 saturated carbocycles. The molecule has 1 aromatic heterocycles. The van der Waals surface area contributed by atoms with Crippen LogP contribution in [0.15, 0.2) is 24.3 Å². The lowest BCUT2D eigenvalue weighted by molar-refractivity contribution is -0.139. The molecular formula is C17H17NO5S. The van der Waals surface area contributed by atoms with E-state index < -0.39 is 12.6 Å². The predicted molar refractivity (Wildman–Crippen MR) is 89.9 cm³/mol. The van der Waals surface area contributed by atoms with Gasteiger partial charge >= 0.3 is 5.97 Å². The highest BCUT2D eigenvalue weighted by molar-refractivity contribution is 7.14. The smallest absolute Gasteiger partial charge is 0.341 e. The van der Waals surface area contributed by atoms with E-state index in [9.17, 15) is 9.59 Å². The maximum atomic E-state index is 12.4. The largest absolute Gasteiger partial charge is 0.482 e. The van der Waals surface area contributed by atoms with E-state index in [1.807, 2.05) is 13.0 Å². The molecule has 0 aliphatic carbocycles. The van der Waals surface area contributed by atoms with Crippen LogP contribution in [-0.4, -0.2) is 30.2 Å². The Morgan fingerprint density at radius 1 is 1.38 bits per heavy atom. The maximum Gasteiger partial charge on any atom is 0.341 e. The maximum absolute atomic E-state index is 12.4. The lowest BCUT2D eigenvalue weighted by atomic mass is 10.1. The van der Waals surface area contributed by atoms with Gasteiger partial charge in [0.05, 0.1) is 18.1 Å². The van der Waals surface area contributed by atoms with Gasteiger partial charge in [0.2, 0.25) is 0 Å². The number of carbonyl (C=O) groups is 2. The van der Waals surface area contributed by atoms with Crippen LogP contribution in [0.5, 0.6) is 5.75 Å². The van der Waals surface area contributed by atoms with Gasteiger partial charge in [0.15, 0.2) is 6.61 Å². The Bertz CT molecular complexity index is 760. The van der Waals surface area contributed by atoms with Crippen molar-refractivity contribution in [3.05, 3.63) is 45.1 Å². The molecule has 2 aromatic rings. The Balaban J connectivity index is 1.70. The summed E-state index contributed by atoms with van der Waals surface area (Å²) in [6, 6.07) is 6.93. The van der Waals surface area contributed by atoms with Gasteiger partial charge in [-0.15, -0.1) is 11.3 Å². The molecule has 7 heteroatoms. The van der Waals surface area contributed by atoms with E-state index in [1.165, 1.54) is 16.2 Å². The first-order chi connectivity index (χ1) is 11.5. The SMILES string of the molecule is Cc1cc(OCC(=O)O)ccc1NC(=O)c1cc2c(s1)CCOC2. The molecule has 0 atom stereocenters. The minimum absolute atomic E-state index is 0.156. The van der Waals surface area contributed by atoms with Crippen LogP contribution >= 0.6 is 11.3 Å². The number of aryl methyl sites for hydroxylation is 1. The summed E-state index contributed by atoms with van der Waals surface area (Å²) in [5.74, 6) is -0.732. The normalized spacial score (nSPS) is 13.2. The Morgan fingerprint density at radius 2 is 2.21 bits per heavy atom. The summed E-state index contributed by atoms with van der Waals surface area (Å²) < 4.78 is 10.5. The van der Waals surface area contributed by atoms with Gasteiger partial charge in [0, 0.05) is 17.0 Å². The van der Waals surface area contributed by atoms with Gasteiger partial charge in [-0.2, -0.15) is 0 Å². The molecule has 3 rings (SSSR count). The summed E-state index contributed by atoms with van der Waals surface area (Å²) in [4.78, 5) is 24.8. The van der Waals surface area contributed by atoms with Crippen molar-refractivity contribution < 1.29 is 24.2 Å². The van der Waals surface area contributed by atoms with E-state index in [0.717, 1.165) is 17.5 Å². The fourth-order valence-corrected chi connectivity index (χ4v) is 3.50. The number of anilines is 1. The molecule has 1 aliphatic rings. The van der Waals surface area contributed by atoms with E-state index in [4.69, 9.17) is 14.6 Å². The quantitative estimate of drug-likeness (QED) is 0.869. The van der Waals surface area contributed by atoms with Crippen molar-refractivity contribution in [2.45, 2.75) is 20.0 Å². The summed E-state index contributed by atoms with van der Waals surface area (Å²) in [6.07, 6.45) is 0.849. The Kier molecular flexibility index (Phi) is 4.82. The highest BCUT2D eigenvalue weighted by Crippen LogP contribution is 2.28. The molecule has 0 radical (unpaired) electrons. The first kappa shape index (κ1) is 16.5. The predicted octanol–water partition coefficient (Wildman–Crippen LogP) is 2.84. The van der Waals surface area contributed by atoms with Gasteiger partial charge in [-0.25, -0.2) is 4.79 Å². The van der Waals surface area contributed by atoms with Crippen LogP contribution in [0.3, 0.4) is 0 Å². The lowest BCUT2D eigenvalue weighted by Gasteiger charge is -2.10. The molecule has 1 aliphatic heterocycles. The Hall–Kier alpha value is -2.38. The summed E-state index contributed by atoms with van der Waals surface area (Å²) in [6.45, 7) is 2.70. The number of carboxylic acids is 1. The molecule has 0 bridgehead atoms. The van der Waals surface area contributed by atoms with Crippen molar-refractivity contribution in [3.8, 4) is 5.75 Å². The Morgan fingerprint density at radius 3 is 2.92 bits per heavy atom. The second-order valence-corrected chi connectivity index (χ2v) is 6.61. The van der Waals surface area contributed by atoms with Crippen molar-refractivity contribution in [1.82, 2.24) is 0 Å². The number of thiophene rings is 1. The Labute approximate surface area is 143 Å². The minimum atomic E-state index is -1.03. The van der Waals surface area contributed by atoms with Crippen molar-refractivity contribution >= 4 is 28.9 Å². The monoisotopic (exact) mass is 347 g/mol. The van der Waals surface area contributed by atoms with Crippen molar-refractivity contribution in [3.63, 3.8) is 0 Å². The van der Waals surface area contributed by atoms with Crippen LogP contribution in [0.25, 0.3) is 0 Å². The number of rotatable bonds is 5. The van der Waals surface area contributed by atoms with Gasteiger partial charge in [0.1, 0.15) is 5.75 Å². The molecule has 0 saturated heterocycles. The first-order valence-corrected chi connectivity index (χ1v) is 8.30. The van der Waals surface area contributed by atoms with Crippen molar-refractivity contribution in [2.75, 3.05) is 18.5 Å². The second kappa shape index (κ2) is 7.02. The van der Waals surface area contributed by atoms with E-state index in [2.05, 4.69) is 5.32 Å². The average molecular weight is 347 g/mol. The highest BCUT2D eigenvalue weighted by atomic mass is 32.1. The third-order valence-corrected chi connectivity index (χ3v) is 4.90. The number of benzene rings is 1. The average Bonchev–Trinajstić information content (AvgIpc) is 2.99. The second-order valence-electron chi connectivity index (χ2n) is 5.47. The molecule has 24 heavy (non-hydrogen) atoms. The molecule has 1 amide bonds. The minimum Gasteiger partial charge on any atom is -0.482 e. The highest BCUT2D eigenvalue weighted by Gasteiger charge is 2.18. The number of amides is 1. The van der Waals surface area contributed by atoms with Gasteiger partial charge in [-0.3, -0.25) is 4.79 Å². The van der Waals surface area contributed by atoms with E-state index in [0.29, 0.717) is 29.5 Å². The molecule has 1 aromatic carbocycles. The molecule has 126 valence electrons. The van der Waals surface area contributed by atoms with Crippen LogP contribution in [0, 0.1) is 6.92 Å². The number of ether oxygens (including phenoxy) is 2. The number of carbonyl (C=O) groups excluding carboxylic acids is 1. The van der Waals surface area contributed by atoms with Crippen LogP contribution in [0.1, 0.15) is 25.7 Å². The number of carboxylic acid groups (broad SMARTS) is 1. The summed E-state index contributed by atoms with van der Waals surface area (Å²) in [5.41, 5.74) is 2.56. The first-order valence-electron chi connectivity index (χ1n) is 7.49. The zero-order valence-corrected chi connectivity index (χ0v) is 13.9. The van der Waals surface area contributed by atoms with Crippen molar-refractivity contribution in [1.29, 1.82) is 0 Å². The van der Waals surface area contributed by atoms with Crippen molar-refractivity contribution in [2.24, 2.45) is 0 Å². The fraction of sp³-hybridized carbons (Fsp3) is 0.294. The van der Waals surface area contributed by atoms with E-state index >= 15 is 0 Å². The fourth-order valence-electron chi connectivity index (χ4n) is 2.45. The van der Waals surface area contributed by atoms with E-state index in [1.54, 1.807) is 18.2 Å². The van der Waals surface area contributed by atoms with Gasteiger partial charge < -0.3 is 19.9 Å². The molecule has 0 fully saturated rings. The summed E-state index contributed by atoms with van der Waals surface area (Å²) in [7, 11) is 0. The molecule has 6 nitrogen and oxygen atoms in total. The molecular weight excluding hydrogens is 330 g/mol. The molecule has 0 unspecified atom stereocenters. The lowest BCUT2D eigenvalue weighted by Crippen LogP contribution is -2.12. The molecule has 0 spiro atoms. The number of hydrogen-bond acceptors (Lipinski definition) is 5. The van der Waals surface area contributed by atoms with Gasteiger partial charge in [0.25, 0.3) is 5.91 Å². The van der Waals surface area contributed by atoms with Gasteiger partial charge in [-0.1, -0.05) is 0 Å². The zero-order chi connectivity index (χ0) is 17.1. The van der Waals surface area contributed by atoms with Crippen LogP contribution in [0.4, 0.5) is 5.69 Å². The summed E-state index contributed by atoms with van der Waals surface area (Å²) in [5, 5.41) is 11.5. The van der Waals surface area contributed by atoms with E-state index in [-0.39, 0.29) is 5.91 Å². The zero-order valence-electron chi connectivity index (χ0n) is 13.1.